The molecule has 71 heavy (non-hydrogen) atoms. The summed E-state index contributed by atoms with van der Waals surface area (Å²) in [6.07, 6.45) is 1.02. The molecule has 24 heteroatoms. The fourth-order valence-electron chi connectivity index (χ4n) is 7.01. The number of primary amides is 1. The van der Waals surface area contributed by atoms with Gasteiger partial charge in [-0.25, -0.2) is 4.79 Å². The van der Waals surface area contributed by atoms with Crippen molar-refractivity contribution in [1.82, 2.24) is 42.5 Å². The van der Waals surface area contributed by atoms with E-state index in [1.165, 1.54) is 11.8 Å². The number of carbonyl (C=O) groups excluding carboxylic acids is 9. The molecule has 9 atom stereocenters. The van der Waals surface area contributed by atoms with Crippen molar-refractivity contribution in [2.45, 2.75) is 149 Å². The second-order valence-corrected chi connectivity index (χ2v) is 19.6. The fraction of sp³-hybridized carbons (Fsp3) is 0.638. The molecule has 0 saturated carbocycles. The molecule has 23 nitrogen and oxygen atoms in total. The smallest absolute Gasteiger partial charge is 0.326 e. The summed E-state index contributed by atoms with van der Waals surface area (Å²) in [7, 11) is 0. The van der Waals surface area contributed by atoms with Gasteiger partial charge in [0.05, 0.1) is 25.4 Å². The number of thioether (sulfide) groups is 1. The lowest BCUT2D eigenvalue weighted by atomic mass is 9.95. The monoisotopic (exact) mass is 1020 g/mol. The van der Waals surface area contributed by atoms with E-state index in [2.05, 4.69) is 42.5 Å². The lowest BCUT2D eigenvalue weighted by Crippen LogP contribution is -2.61. The lowest BCUT2D eigenvalue weighted by molar-refractivity contribution is -0.142. The second kappa shape index (κ2) is 31.8. The number of rotatable bonds is 33. The lowest BCUT2D eigenvalue weighted by Gasteiger charge is -2.30. The van der Waals surface area contributed by atoms with Crippen molar-refractivity contribution < 1.29 is 63.0 Å². The third-order valence-corrected chi connectivity index (χ3v) is 11.7. The Bertz CT molecular complexity index is 1990. The molecule has 9 amide bonds. The molecule has 0 saturated heterocycles. The van der Waals surface area contributed by atoms with Crippen molar-refractivity contribution in [3.63, 3.8) is 0 Å². The van der Waals surface area contributed by atoms with Crippen molar-refractivity contribution in [2.24, 2.45) is 35.1 Å². The Balaban J connectivity index is 3.29. The van der Waals surface area contributed by atoms with E-state index < -0.39 is 145 Å². The number of hydrogen-bond donors (Lipinski definition) is 12. The number of hydrogen-bond acceptors (Lipinski definition) is 13. The Kier molecular flexibility index (Phi) is 28.1. The first-order valence-electron chi connectivity index (χ1n) is 23.6. The maximum atomic E-state index is 14.1. The second-order valence-electron chi connectivity index (χ2n) is 18.6. The maximum Gasteiger partial charge on any atom is 0.326 e. The van der Waals surface area contributed by atoms with Crippen LogP contribution in [-0.2, 0) is 59.2 Å². The molecular formula is C47H76N10O13S. The minimum absolute atomic E-state index is 0.0196. The zero-order valence-corrected chi connectivity index (χ0v) is 42.9. The van der Waals surface area contributed by atoms with E-state index in [9.17, 15) is 63.0 Å². The van der Waals surface area contributed by atoms with E-state index in [-0.39, 0.29) is 37.5 Å². The molecule has 1 rings (SSSR count). The van der Waals surface area contributed by atoms with Gasteiger partial charge in [-0.2, -0.15) is 11.8 Å². The first-order valence-corrected chi connectivity index (χ1v) is 25.0. The van der Waals surface area contributed by atoms with Crippen LogP contribution in [-0.4, -0.2) is 142 Å². The van der Waals surface area contributed by atoms with Gasteiger partial charge in [0.15, 0.2) is 0 Å². The molecule has 1 aromatic rings. The van der Waals surface area contributed by atoms with Crippen molar-refractivity contribution in [2.75, 3.05) is 18.6 Å². The quantitative estimate of drug-likeness (QED) is 0.0404. The zero-order chi connectivity index (χ0) is 54.1. The summed E-state index contributed by atoms with van der Waals surface area (Å²) in [4.78, 5) is 143. The van der Waals surface area contributed by atoms with Crippen LogP contribution in [0.1, 0.15) is 99.5 Å². The average molecular weight is 1020 g/mol. The fourth-order valence-corrected chi connectivity index (χ4v) is 7.48. The number of carboxylic acid groups (broad SMARTS) is 2. The predicted octanol–water partition coefficient (Wildman–Crippen LogP) is -0.952. The normalized spacial score (nSPS) is 15.0. The highest BCUT2D eigenvalue weighted by molar-refractivity contribution is 7.98. The Labute approximate surface area is 419 Å². The largest absolute Gasteiger partial charge is 0.481 e. The van der Waals surface area contributed by atoms with Crippen LogP contribution in [0.15, 0.2) is 30.3 Å². The first-order chi connectivity index (χ1) is 33.2. The van der Waals surface area contributed by atoms with Crippen LogP contribution >= 0.6 is 11.8 Å². The summed E-state index contributed by atoms with van der Waals surface area (Å²) in [5, 5.41) is 39.3. The number of nitrogens with two attached hydrogens (primary N) is 2. The SMILES string of the molecule is CC[C@H](C)[C@H](NC(=O)[C@H](CC(C)C)NC(=O)[C@H](Cc1ccccc1)NC(=O)[C@@H](N)CC(N)=O)C(=O)N[C@H](C(=O)N[C@@H](CC(=O)O)C(=O)NCC(=O)N[C@@H](CCSC)C(=O)N[C@@H](CC(C)C)C(=O)O)C(C)C. The number of carboxylic acids is 2. The molecule has 0 fully saturated rings. The minimum Gasteiger partial charge on any atom is -0.481 e. The highest BCUT2D eigenvalue weighted by Gasteiger charge is 2.36. The van der Waals surface area contributed by atoms with E-state index in [0.717, 1.165) is 0 Å². The highest BCUT2D eigenvalue weighted by Crippen LogP contribution is 2.14. The van der Waals surface area contributed by atoms with Crippen molar-refractivity contribution in [3.05, 3.63) is 35.9 Å². The van der Waals surface area contributed by atoms with E-state index in [1.54, 1.807) is 92.0 Å². The maximum absolute atomic E-state index is 14.1. The highest BCUT2D eigenvalue weighted by atomic mass is 32.2. The Morgan fingerprint density at radius 1 is 0.592 bits per heavy atom. The molecule has 0 aromatic heterocycles. The summed E-state index contributed by atoms with van der Waals surface area (Å²) in [6, 6.07) is -2.01. The number of carbonyl (C=O) groups is 11. The predicted molar refractivity (Wildman–Crippen MR) is 265 cm³/mol. The minimum atomic E-state index is -1.76. The summed E-state index contributed by atoms with van der Waals surface area (Å²) < 4.78 is 0. The number of nitrogens with one attached hydrogen (secondary N) is 8. The third-order valence-electron chi connectivity index (χ3n) is 11.1. The third kappa shape index (κ3) is 23.9. The van der Waals surface area contributed by atoms with Crippen molar-refractivity contribution in [1.29, 1.82) is 0 Å². The van der Waals surface area contributed by atoms with Gasteiger partial charge in [-0.1, -0.05) is 92.1 Å². The van der Waals surface area contributed by atoms with E-state index >= 15 is 0 Å². The Morgan fingerprint density at radius 3 is 1.62 bits per heavy atom. The summed E-state index contributed by atoms with van der Waals surface area (Å²) in [5.41, 5.74) is 11.7. The number of amides is 9. The molecule has 0 unspecified atom stereocenters. The van der Waals surface area contributed by atoms with Gasteiger partial charge < -0.3 is 64.2 Å². The molecule has 0 bridgehead atoms. The standard InChI is InChI=1S/C47H76N10O13S/c1-10-27(8)39(57-44(66)31(18-24(2)3)53-43(65)32(20-28-14-12-11-13-15-28)52-40(62)29(48)21-35(49)58)46(68)56-38(26(6)7)45(67)54-33(22-37(60)61)41(63)50-23-36(59)51-30(16-17-71-9)42(64)55-34(47(69)70)19-25(4)5/h11-15,24-27,29-34,38-39H,10,16-23,48H2,1-9H3,(H2,49,58)(H,50,63)(H,51,59)(H,52,62)(H,53,65)(H,54,67)(H,55,64)(H,56,68)(H,57,66)(H,60,61)(H,69,70)/t27-,29-,30-,31-,32-,33-,34-,38-,39-/m0/s1. The van der Waals surface area contributed by atoms with Gasteiger partial charge in [0.2, 0.25) is 53.2 Å². The van der Waals surface area contributed by atoms with E-state index in [1.807, 2.05) is 0 Å². The zero-order valence-electron chi connectivity index (χ0n) is 42.1. The van der Waals surface area contributed by atoms with Gasteiger partial charge in [0.1, 0.15) is 42.3 Å². The molecular weight excluding hydrogens is 945 g/mol. The van der Waals surface area contributed by atoms with Crippen LogP contribution in [0.5, 0.6) is 0 Å². The average Bonchev–Trinajstić information content (AvgIpc) is 3.28. The summed E-state index contributed by atoms with van der Waals surface area (Å²) in [6.45, 7) is 13.0. The van der Waals surface area contributed by atoms with Gasteiger partial charge in [-0.05, 0) is 60.5 Å². The van der Waals surface area contributed by atoms with E-state index in [0.29, 0.717) is 17.7 Å². The van der Waals surface area contributed by atoms with Gasteiger partial charge in [-0.15, -0.1) is 0 Å². The van der Waals surface area contributed by atoms with Gasteiger partial charge >= 0.3 is 11.9 Å². The number of benzene rings is 1. The Morgan fingerprint density at radius 2 is 1.10 bits per heavy atom. The molecule has 14 N–H and O–H groups in total. The molecule has 0 aliphatic rings. The molecule has 0 spiro atoms. The summed E-state index contributed by atoms with van der Waals surface area (Å²) in [5.74, 6) is -11.5. The van der Waals surface area contributed by atoms with Crippen molar-refractivity contribution in [3.8, 4) is 0 Å². The van der Waals surface area contributed by atoms with Crippen LogP contribution in [0.4, 0.5) is 0 Å². The molecule has 0 aliphatic carbocycles. The number of aliphatic carboxylic acids is 2. The topological polar surface area (TPSA) is 377 Å². The van der Waals surface area contributed by atoms with Crippen LogP contribution in [0, 0.1) is 23.7 Å². The van der Waals surface area contributed by atoms with Crippen LogP contribution in [0.2, 0.25) is 0 Å². The van der Waals surface area contributed by atoms with Gasteiger partial charge in [0.25, 0.3) is 0 Å². The van der Waals surface area contributed by atoms with Gasteiger partial charge in [0, 0.05) is 6.42 Å². The van der Waals surface area contributed by atoms with Crippen LogP contribution < -0.4 is 54.0 Å². The summed E-state index contributed by atoms with van der Waals surface area (Å²) >= 11 is 1.37. The molecule has 0 heterocycles. The van der Waals surface area contributed by atoms with Crippen molar-refractivity contribution >= 4 is 76.9 Å². The molecule has 0 aliphatic heterocycles. The molecule has 1 aromatic carbocycles. The van der Waals surface area contributed by atoms with Crippen LogP contribution in [0.3, 0.4) is 0 Å². The van der Waals surface area contributed by atoms with E-state index in [4.69, 9.17) is 11.5 Å². The molecule has 398 valence electrons. The first kappa shape index (κ1) is 62.7. The van der Waals surface area contributed by atoms with Gasteiger partial charge in [-0.3, -0.25) is 47.9 Å². The van der Waals surface area contributed by atoms with Crippen LogP contribution in [0.25, 0.3) is 0 Å². The Hall–Kier alpha value is -6.30. The molecule has 0 radical (unpaired) electrons.